The van der Waals surface area contributed by atoms with Gasteiger partial charge in [0.25, 0.3) is 0 Å². The molecule has 4 heteroatoms. The van der Waals surface area contributed by atoms with Crippen LogP contribution in [0.1, 0.15) is 39.5 Å². The Morgan fingerprint density at radius 2 is 2.16 bits per heavy atom. The Kier molecular flexibility index (Phi) is 5.22. The van der Waals surface area contributed by atoms with E-state index >= 15 is 0 Å². The van der Waals surface area contributed by atoms with Crippen molar-refractivity contribution in [3.05, 3.63) is 0 Å². The molecule has 19 heavy (non-hydrogen) atoms. The van der Waals surface area contributed by atoms with Crippen molar-refractivity contribution in [2.45, 2.75) is 39.5 Å². The van der Waals surface area contributed by atoms with Gasteiger partial charge in [0, 0.05) is 19.6 Å². The van der Waals surface area contributed by atoms with E-state index in [9.17, 15) is 4.79 Å². The SMILES string of the molecule is CCC1(C(=O)NCC(C)CN2CCCC2)CCNC1. The Morgan fingerprint density at radius 1 is 1.42 bits per heavy atom. The van der Waals surface area contributed by atoms with Crippen molar-refractivity contribution in [3.63, 3.8) is 0 Å². The Morgan fingerprint density at radius 3 is 2.74 bits per heavy atom. The van der Waals surface area contributed by atoms with Crippen molar-refractivity contribution in [1.82, 2.24) is 15.5 Å². The summed E-state index contributed by atoms with van der Waals surface area (Å²) in [6.07, 6.45) is 4.59. The number of amides is 1. The van der Waals surface area contributed by atoms with Gasteiger partial charge in [-0.3, -0.25) is 4.79 Å². The van der Waals surface area contributed by atoms with Gasteiger partial charge in [0.2, 0.25) is 5.91 Å². The summed E-state index contributed by atoms with van der Waals surface area (Å²) in [5.41, 5.74) is -0.145. The topological polar surface area (TPSA) is 44.4 Å². The summed E-state index contributed by atoms with van der Waals surface area (Å²) >= 11 is 0. The van der Waals surface area contributed by atoms with E-state index in [1.165, 1.54) is 25.9 Å². The number of hydrogen-bond acceptors (Lipinski definition) is 3. The number of carbonyl (C=O) groups excluding carboxylic acids is 1. The molecule has 0 aromatic rings. The van der Waals surface area contributed by atoms with E-state index in [1.807, 2.05) is 0 Å². The first-order chi connectivity index (χ1) is 9.16. The second-order valence-electron chi connectivity index (χ2n) is 6.38. The lowest BCUT2D eigenvalue weighted by molar-refractivity contribution is -0.130. The molecule has 2 saturated heterocycles. The third-order valence-electron chi connectivity index (χ3n) is 4.78. The van der Waals surface area contributed by atoms with E-state index in [2.05, 4.69) is 29.4 Å². The molecule has 0 aromatic heterocycles. The highest BCUT2D eigenvalue weighted by Gasteiger charge is 2.39. The lowest BCUT2D eigenvalue weighted by atomic mass is 9.83. The van der Waals surface area contributed by atoms with Crippen LogP contribution in [0.3, 0.4) is 0 Å². The van der Waals surface area contributed by atoms with Crippen molar-refractivity contribution >= 4 is 5.91 Å². The zero-order valence-electron chi connectivity index (χ0n) is 12.5. The molecule has 0 aromatic carbocycles. The fourth-order valence-corrected chi connectivity index (χ4v) is 3.32. The van der Waals surface area contributed by atoms with Gasteiger partial charge >= 0.3 is 0 Å². The summed E-state index contributed by atoms with van der Waals surface area (Å²) in [4.78, 5) is 14.9. The molecule has 2 aliphatic heterocycles. The lowest BCUT2D eigenvalue weighted by Crippen LogP contribution is -2.44. The molecular formula is C15H29N3O. The van der Waals surface area contributed by atoms with Crippen LogP contribution in [0.4, 0.5) is 0 Å². The first kappa shape index (κ1) is 14.8. The molecule has 2 N–H and O–H groups in total. The molecule has 1 amide bonds. The minimum atomic E-state index is -0.145. The van der Waals surface area contributed by atoms with E-state index in [0.29, 0.717) is 5.92 Å². The van der Waals surface area contributed by atoms with E-state index in [-0.39, 0.29) is 11.3 Å². The van der Waals surface area contributed by atoms with E-state index in [1.54, 1.807) is 0 Å². The lowest BCUT2D eigenvalue weighted by Gasteiger charge is -2.27. The summed E-state index contributed by atoms with van der Waals surface area (Å²) in [5.74, 6) is 0.804. The molecule has 0 radical (unpaired) electrons. The number of carbonyl (C=O) groups is 1. The molecule has 0 saturated carbocycles. The largest absolute Gasteiger partial charge is 0.355 e. The van der Waals surface area contributed by atoms with Crippen molar-refractivity contribution in [1.29, 1.82) is 0 Å². The van der Waals surface area contributed by atoms with E-state index in [0.717, 1.165) is 39.0 Å². The molecule has 0 aliphatic carbocycles. The predicted molar refractivity (Wildman–Crippen MR) is 78.1 cm³/mol. The Labute approximate surface area is 117 Å². The minimum Gasteiger partial charge on any atom is -0.355 e. The fourth-order valence-electron chi connectivity index (χ4n) is 3.32. The maximum absolute atomic E-state index is 12.4. The average molecular weight is 267 g/mol. The second kappa shape index (κ2) is 6.71. The molecule has 0 spiro atoms. The van der Waals surface area contributed by atoms with Crippen LogP contribution >= 0.6 is 0 Å². The van der Waals surface area contributed by atoms with Gasteiger partial charge in [0.05, 0.1) is 5.41 Å². The smallest absolute Gasteiger partial charge is 0.227 e. The predicted octanol–water partition coefficient (Wildman–Crippen LogP) is 1.22. The quantitative estimate of drug-likeness (QED) is 0.761. The monoisotopic (exact) mass is 267 g/mol. The number of nitrogens with zero attached hydrogens (tertiary/aromatic N) is 1. The van der Waals surface area contributed by atoms with Crippen LogP contribution in [0.5, 0.6) is 0 Å². The van der Waals surface area contributed by atoms with Crippen LogP contribution < -0.4 is 10.6 Å². The zero-order chi connectivity index (χ0) is 13.7. The summed E-state index contributed by atoms with van der Waals surface area (Å²) in [7, 11) is 0. The molecule has 4 nitrogen and oxygen atoms in total. The highest BCUT2D eigenvalue weighted by Crippen LogP contribution is 2.29. The summed E-state index contributed by atoms with van der Waals surface area (Å²) in [6.45, 7) is 10.6. The average Bonchev–Trinajstić information content (AvgIpc) is 3.07. The number of hydrogen-bond donors (Lipinski definition) is 2. The van der Waals surface area contributed by atoms with E-state index in [4.69, 9.17) is 0 Å². The van der Waals surface area contributed by atoms with Gasteiger partial charge < -0.3 is 15.5 Å². The first-order valence-corrected chi connectivity index (χ1v) is 7.88. The van der Waals surface area contributed by atoms with Crippen molar-refractivity contribution in [2.75, 3.05) is 39.3 Å². The first-order valence-electron chi connectivity index (χ1n) is 7.88. The zero-order valence-corrected chi connectivity index (χ0v) is 12.5. The highest BCUT2D eigenvalue weighted by atomic mass is 16.2. The molecule has 2 unspecified atom stereocenters. The van der Waals surface area contributed by atoms with Gasteiger partial charge in [-0.1, -0.05) is 13.8 Å². The van der Waals surface area contributed by atoms with Gasteiger partial charge in [-0.05, 0) is 51.2 Å². The minimum absolute atomic E-state index is 0.145. The molecule has 2 rings (SSSR count). The molecule has 2 heterocycles. The number of rotatable bonds is 6. The van der Waals surface area contributed by atoms with Crippen LogP contribution in [-0.2, 0) is 4.79 Å². The summed E-state index contributed by atoms with van der Waals surface area (Å²) < 4.78 is 0. The third-order valence-corrected chi connectivity index (χ3v) is 4.78. The normalized spacial score (nSPS) is 29.6. The van der Waals surface area contributed by atoms with Crippen LogP contribution in [0.15, 0.2) is 0 Å². The molecule has 2 atom stereocenters. The number of nitrogens with one attached hydrogen (secondary N) is 2. The maximum Gasteiger partial charge on any atom is 0.227 e. The van der Waals surface area contributed by atoms with Crippen LogP contribution in [0.25, 0.3) is 0 Å². The van der Waals surface area contributed by atoms with Gasteiger partial charge in [-0.15, -0.1) is 0 Å². The van der Waals surface area contributed by atoms with Crippen LogP contribution in [0.2, 0.25) is 0 Å². The second-order valence-corrected chi connectivity index (χ2v) is 6.38. The van der Waals surface area contributed by atoms with Crippen molar-refractivity contribution < 1.29 is 4.79 Å². The van der Waals surface area contributed by atoms with Crippen LogP contribution in [0, 0.1) is 11.3 Å². The molecule has 2 fully saturated rings. The van der Waals surface area contributed by atoms with Crippen molar-refractivity contribution in [2.24, 2.45) is 11.3 Å². The highest BCUT2D eigenvalue weighted by molar-refractivity contribution is 5.83. The maximum atomic E-state index is 12.4. The van der Waals surface area contributed by atoms with Crippen molar-refractivity contribution in [3.8, 4) is 0 Å². The fraction of sp³-hybridized carbons (Fsp3) is 0.933. The molecule has 0 bridgehead atoms. The third kappa shape index (κ3) is 3.69. The molecule has 2 aliphatic rings. The standard InChI is InChI=1S/C15H29N3O/c1-3-15(6-7-16-12-15)14(19)17-10-13(2)11-18-8-4-5-9-18/h13,16H,3-12H2,1-2H3,(H,17,19). The molecular weight excluding hydrogens is 238 g/mol. The van der Waals surface area contributed by atoms with E-state index < -0.39 is 0 Å². The molecule has 110 valence electrons. The van der Waals surface area contributed by atoms with Gasteiger partial charge in [-0.2, -0.15) is 0 Å². The Bertz CT molecular complexity index is 294. The summed E-state index contributed by atoms with van der Waals surface area (Å²) in [5, 5.41) is 6.51. The Balaban J connectivity index is 1.72. The summed E-state index contributed by atoms with van der Waals surface area (Å²) in [6, 6.07) is 0. The van der Waals surface area contributed by atoms with Gasteiger partial charge in [-0.25, -0.2) is 0 Å². The number of likely N-dealkylation sites (tertiary alicyclic amines) is 1. The van der Waals surface area contributed by atoms with Gasteiger partial charge in [0.1, 0.15) is 0 Å². The van der Waals surface area contributed by atoms with Gasteiger partial charge in [0.15, 0.2) is 0 Å². The van der Waals surface area contributed by atoms with Crippen LogP contribution in [-0.4, -0.2) is 50.1 Å². The Hall–Kier alpha value is -0.610.